The average molecular weight is 411 g/mol. The van der Waals surface area contributed by atoms with Crippen LogP contribution in [0.25, 0.3) is 5.13 Å². The third-order valence-corrected chi connectivity index (χ3v) is 6.52. The molecular weight excluding hydrogens is 380 g/mol. The van der Waals surface area contributed by atoms with Gasteiger partial charge in [0.15, 0.2) is 5.13 Å². The van der Waals surface area contributed by atoms with E-state index in [1.807, 2.05) is 11.6 Å². The van der Waals surface area contributed by atoms with Crippen molar-refractivity contribution in [2.24, 2.45) is 0 Å². The second-order valence-corrected chi connectivity index (χ2v) is 8.58. The first-order chi connectivity index (χ1) is 14.3. The van der Waals surface area contributed by atoms with Gasteiger partial charge in [-0.25, -0.2) is 4.98 Å². The lowest BCUT2D eigenvalue weighted by Crippen LogP contribution is -2.53. The van der Waals surface area contributed by atoms with Crippen LogP contribution in [0, 0.1) is 0 Å². The first-order valence-electron chi connectivity index (χ1n) is 10.5. The topological polar surface area (TPSA) is 44.5 Å². The van der Waals surface area contributed by atoms with E-state index in [4.69, 9.17) is 0 Å². The third kappa shape index (κ3) is 5.34. The molecule has 0 aliphatic carbocycles. The lowest BCUT2D eigenvalue weighted by atomic mass is 10.1. The molecule has 3 heterocycles. The quantitative estimate of drug-likeness (QED) is 0.587. The average Bonchev–Trinajstić information content (AvgIpc) is 3.42. The third-order valence-electron chi connectivity index (χ3n) is 5.75. The van der Waals surface area contributed by atoms with Gasteiger partial charge in [0.1, 0.15) is 0 Å². The zero-order chi connectivity index (χ0) is 19.9. The van der Waals surface area contributed by atoms with Gasteiger partial charge in [0.05, 0.1) is 0 Å². The Bertz CT molecular complexity index is 849. The summed E-state index contributed by atoms with van der Waals surface area (Å²) in [6, 6.07) is 15.4. The summed E-state index contributed by atoms with van der Waals surface area (Å²) in [6.07, 6.45) is 7.08. The molecule has 2 aromatic heterocycles. The highest BCUT2D eigenvalue weighted by atomic mass is 32.1. The summed E-state index contributed by atoms with van der Waals surface area (Å²) in [5.74, 6) is 0. The number of thiazole rings is 1. The summed E-state index contributed by atoms with van der Waals surface area (Å²) < 4.78 is 2.19. The van der Waals surface area contributed by atoms with Gasteiger partial charge >= 0.3 is 0 Å². The molecule has 29 heavy (non-hydrogen) atoms. The van der Waals surface area contributed by atoms with Crippen LogP contribution < -0.4 is 0 Å². The Labute approximate surface area is 177 Å². The second kappa shape index (κ2) is 10.2. The SMILES string of the molecule is OCC[C@@H]1CN(Cc2cccn2-c2nccs2)CCN1CCCc1ccccc1. The van der Waals surface area contributed by atoms with Crippen LogP contribution in [0.5, 0.6) is 0 Å². The van der Waals surface area contributed by atoms with Crippen molar-refractivity contribution in [3.63, 3.8) is 0 Å². The monoisotopic (exact) mass is 410 g/mol. The summed E-state index contributed by atoms with van der Waals surface area (Å²) >= 11 is 1.67. The van der Waals surface area contributed by atoms with E-state index in [-0.39, 0.29) is 6.61 Å². The molecule has 0 spiro atoms. The maximum Gasteiger partial charge on any atom is 0.193 e. The molecule has 1 N–H and O–H groups in total. The Balaban J connectivity index is 1.33. The minimum atomic E-state index is 0.253. The highest BCUT2D eigenvalue weighted by Crippen LogP contribution is 2.20. The molecule has 1 aliphatic rings. The number of piperazine rings is 1. The predicted octanol–water partition coefficient (Wildman–Crippen LogP) is 3.44. The molecule has 1 atom stereocenters. The zero-order valence-electron chi connectivity index (χ0n) is 16.9. The van der Waals surface area contributed by atoms with E-state index in [2.05, 4.69) is 68.0 Å². The maximum absolute atomic E-state index is 9.60. The Hall–Kier alpha value is -1.99. The van der Waals surface area contributed by atoms with Crippen LogP contribution in [-0.2, 0) is 13.0 Å². The van der Waals surface area contributed by atoms with Crippen LogP contribution in [0.15, 0.2) is 60.2 Å². The first-order valence-corrected chi connectivity index (χ1v) is 11.4. The minimum Gasteiger partial charge on any atom is -0.396 e. The molecule has 1 aromatic carbocycles. The molecule has 3 aromatic rings. The first kappa shape index (κ1) is 20.3. The molecule has 0 amide bonds. The number of hydrogen-bond acceptors (Lipinski definition) is 5. The van der Waals surface area contributed by atoms with E-state index >= 15 is 0 Å². The summed E-state index contributed by atoms with van der Waals surface area (Å²) in [5.41, 5.74) is 2.69. The second-order valence-electron chi connectivity index (χ2n) is 7.71. The van der Waals surface area contributed by atoms with E-state index in [9.17, 15) is 5.11 Å². The lowest BCUT2D eigenvalue weighted by Gasteiger charge is -2.41. The number of aromatic nitrogens is 2. The molecule has 1 saturated heterocycles. The molecule has 0 unspecified atom stereocenters. The Kier molecular flexibility index (Phi) is 7.11. The Morgan fingerprint density at radius 2 is 2.00 bits per heavy atom. The van der Waals surface area contributed by atoms with Crippen molar-refractivity contribution in [1.29, 1.82) is 0 Å². The summed E-state index contributed by atoms with van der Waals surface area (Å²) in [7, 11) is 0. The maximum atomic E-state index is 9.60. The number of aliphatic hydroxyl groups is 1. The lowest BCUT2D eigenvalue weighted by molar-refractivity contribution is 0.0539. The number of benzene rings is 1. The molecule has 1 aliphatic heterocycles. The van der Waals surface area contributed by atoms with Crippen LogP contribution >= 0.6 is 11.3 Å². The van der Waals surface area contributed by atoms with E-state index in [0.29, 0.717) is 6.04 Å². The van der Waals surface area contributed by atoms with Gasteiger partial charge in [0, 0.05) is 62.3 Å². The van der Waals surface area contributed by atoms with Crippen molar-refractivity contribution in [3.05, 3.63) is 71.5 Å². The summed E-state index contributed by atoms with van der Waals surface area (Å²) in [5, 5.41) is 12.6. The summed E-state index contributed by atoms with van der Waals surface area (Å²) in [6.45, 7) is 5.42. The Morgan fingerprint density at radius 3 is 2.79 bits per heavy atom. The number of aryl methyl sites for hydroxylation is 1. The van der Waals surface area contributed by atoms with Gasteiger partial charge in [-0.15, -0.1) is 11.3 Å². The molecule has 5 nitrogen and oxygen atoms in total. The molecule has 0 radical (unpaired) electrons. The highest BCUT2D eigenvalue weighted by Gasteiger charge is 2.26. The van der Waals surface area contributed by atoms with Crippen molar-refractivity contribution in [3.8, 4) is 5.13 Å². The fourth-order valence-electron chi connectivity index (χ4n) is 4.24. The molecule has 0 saturated carbocycles. The number of nitrogens with zero attached hydrogens (tertiary/aromatic N) is 4. The van der Waals surface area contributed by atoms with Gasteiger partial charge in [-0.3, -0.25) is 14.4 Å². The highest BCUT2D eigenvalue weighted by molar-refractivity contribution is 7.12. The van der Waals surface area contributed by atoms with Crippen LogP contribution in [0.1, 0.15) is 24.1 Å². The minimum absolute atomic E-state index is 0.253. The van der Waals surface area contributed by atoms with E-state index < -0.39 is 0 Å². The fraction of sp³-hybridized carbons (Fsp3) is 0.435. The van der Waals surface area contributed by atoms with Crippen LogP contribution in [0.4, 0.5) is 0 Å². The van der Waals surface area contributed by atoms with Gasteiger partial charge in [-0.2, -0.15) is 0 Å². The Morgan fingerprint density at radius 1 is 1.10 bits per heavy atom. The van der Waals surface area contributed by atoms with Gasteiger partial charge < -0.3 is 5.11 Å². The van der Waals surface area contributed by atoms with Crippen molar-refractivity contribution < 1.29 is 5.11 Å². The van der Waals surface area contributed by atoms with Crippen molar-refractivity contribution in [2.45, 2.75) is 31.8 Å². The predicted molar refractivity (Wildman–Crippen MR) is 119 cm³/mol. The summed E-state index contributed by atoms with van der Waals surface area (Å²) in [4.78, 5) is 9.55. The van der Waals surface area contributed by atoms with E-state index in [1.165, 1.54) is 17.7 Å². The molecule has 154 valence electrons. The molecule has 4 rings (SSSR count). The largest absolute Gasteiger partial charge is 0.396 e. The van der Waals surface area contributed by atoms with Crippen molar-refractivity contribution in [1.82, 2.24) is 19.4 Å². The fourth-order valence-corrected chi connectivity index (χ4v) is 4.90. The van der Waals surface area contributed by atoms with Crippen LogP contribution in [-0.4, -0.2) is 63.3 Å². The van der Waals surface area contributed by atoms with Gasteiger partial charge in [-0.05, 0) is 43.5 Å². The smallest absolute Gasteiger partial charge is 0.193 e. The normalized spacial score (nSPS) is 18.3. The molecular formula is C23H30N4OS. The van der Waals surface area contributed by atoms with E-state index in [0.717, 1.165) is 50.7 Å². The number of aliphatic hydroxyl groups excluding tert-OH is 1. The van der Waals surface area contributed by atoms with Crippen molar-refractivity contribution in [2.75, 3.05) is 32.8 Å². The van der Waals surface area contributed by atoms with Gasteiger partial charge in [-0.1, -0.05) is 30.3 Å². The van der Waals surface area contributed by atoms with Crippen LogP contribution in [0.2, 0.25) is 0 Å². The molecule has 6 heteroatoms. The van der Waals surface area contributed by atoms with Gasteiger partial charge in [0.2, 0.25) is 0 Å². The van der Waals surface area contributed by atoms with Gasteiger partial charge in [0.25, 0.3) is 0 Å². The molecule has 0 bridgehead atoms. The molecule has 1 fully saturated rings. The van der Waals surface area contributed by atoms with E-state index in [1.54, 1.807) is 11.3 Å². The van der Waals surface area contributed by atoms with Crippen LogP contribution in [0.3, 0.4) is 0 Å². The standard InChI is InChI=1S/C23H30N4OS/c28-16-10-21-18-25(19-22-9-5-13-27(22)23-24-11-17-29-23)14-15-26(21)12-4-8-20-6-2-1-3-7-20/h1-3,5-7,9,11,13,17,21,28H,4,8,10,12,14-16,18-19H2/t21-/m1/s1. The van der Waals surface area contributed by atoms with Crippen molar-refractivity contribution >= 4 is 11.3 Å². The zero-order valence-corrected chi connectivity index (χ0v) is 17.7. The number of rotatable bonds is 9. The number of hydrogen-bond donors (Lipinski definition) is 1.